The summed E-state index contributed by atoms with van der Waals surface area (Å²) in [6, 6.07) is 3.86. The number of hydrogen-bond acceptors (Lipinski definition) is 2. The lowest BCUT2D eigenvalue weighted by molar-refractivity contribution is 0.589. The number of hydrogen-bond donors (Lipinski definition) is 2. The topological polar surface area (TPSA) is 62.8 Å². The highest BCUT2D eigenvalue weighted by Gasteiger charge is 1.98. The van der Waals surface area contributed by atoms with Crippen molar-refractivity contribution in [3.8, 4) is 0 Å². The Morgan fingerprint density at radius 2 is 1.78 bits per heavy atom. The number of nitrogens with two attached hydrogens (primary N) is 1. The summed E-state index contributed by atoms with van der Waals surface area (Å²) in [6.45, 7) is 2.25. The number of unbranched alkanes of at least 4 members (excludes halogenated alkanes) is 6. The number of aryl methyl sites for hydroxylation is 1. The largest absolute Gasteiger partial charge is 0.382 e. The van der Waals surface area contributed by atoms with Gasteiger partial charge in [0.25, 0.3) is 0 Å². The van der Waals surface area contributed by atoms with E-state index in [1.54, 1.807) is 0 Å². The van der Waals surface area contributed by atoms with E-state index in [-0.39, 0.29) is 5.84 Å². The molecule has 1 aromatic heterocycles. The fourth-order valence-electron chi connectivity index (χ4n) is 2.02. The summed E-state index contributed by atoms with van der Waals surface area (Å²) in [7, 11) is 0. The van der Waals surface area contributed by atoms with Gasteiger partial charge < -0.3 is 5.73 Å². The minimum absolute atomic E-state index is 0.0393. The van der Waals surface area contributed by atoms with Gasteiger partial charge in [0.1, 0.15) is 11.5 Å². The van der Waals surface area contributed by atoms with E-state index >= 15 is 0 Å². The number of aromatic nitrogens is 1. The Hall–Kier alpha value is -1.38. The van der Waals surface area contributed by atoms with E-state index in [1.807, 2.05) is 18.3 Å². The van der Waals surface area contributed by atoms with E-state index in [9.17, 15) is 0 Å². The molecule has 18 heavy (non-hydrogen) atoms. The molecule has 3 N–H and O–H groups in total. The van der Waals surface area contributed by atoms with Crippen LogP contribution in [0.5, 0.6) is 0 Å². The molecule has 0 aliphatic rings. The van der Waals surface area contributed by atoms with Gasteiger partial charge in [-0.1, -0.05) is 51.5 Å². The van der Waals surface area contributed by atoms with Crippen LogP contribution in [0.4, 0.5) is 0 Å². The number of nitrogens with zero attached hydrogens (tertiary/aromatic N) is 1. The normalized spacial score (nSPS) is 10.5. The van der Waals surface area contributed by atoms with Gasteiger partial charge >= 0.3 is 0 Å². The van der Waals surface area contributed by atoms with Crippen molar-refractivity contribution in [3.63, 3.8) is 0 Å². The first-order chi connectivity index (χ1) is 8.74. The number of rotatable bonds is 9. The highest BCUT2D eigenvalue weighted by molar-refractivity contribution is 5.92. The molecule has 0 aliphatic carbocycles. The fourth-order valence-corrected chi connectivity index (χ4v) is 2.02. The van der Waals surface area contributed by atoms with Crippen molar-refractivity contribution in [2.75, 3.05) is 0 Å². The standard InChI is InChI=1S/C15H25N3/c1-2-3-4-5-6-7-8-9-13-10-11-14(15(16)17)18-12-13/h10-12H,2-9H2,1H3,(H3,16,17). The molecule has 0 amide bonds. The van der Waals surface area contributed by atoms with E-state index in [1.165, 1.54) is 50.5 Å². The monoisotopic (exact) mass is 247 g/mol. The maximum Gasteiger partial charge on any atom is 0.141 e. The molecular formula is C15H25N3. The van der Waals surface area contributed by atoms with Crippen molar-refractivity contribution in [2.24, 2.45) is 5.73 Å². The van der Waals surface area contributed by atoms with Crippen LogP contribution in [0.25, 0.3) is 0 Å². The molecule has 0 fully saturated rings. The average Bonchev–Trinajstić information content (AvgIpc) is 2.38. The van der Waals surface area contributed by atoms with Crippen LogP contribution < -0.4 is 5.73 Å². The van der Waals surface area contributed by atoms with Gasteiger partial charge in [0.05, 0.1) is 0 Å². The third kappa shape index (κ3) is 5.80. The van der Waals surface area contributed by atoms with Gasteiger partial charge in [0.2, 0.25) is 0 Å². The molecule has 0 saturated carbocycles. The second-order valence-electron chi connectivity index (χ2n) is 4.84. The van der Waals surface area contributed by atoms with Crippen molar-refractivity contribution < 1.29 is 0 Å². The van der Waals surface area contributed by atoms with E-state index in [2.05, 4.69) is 11.9 Å². The van der Waals surface area contributed by atoms with Gasteiger partial charge in [-0.05, 0) is 24.5 Å². The van der Waals surface area contributed by atoms with Crippen LogP contribution in [-0.4, -0.2) is 10.8 Å². The van der Waals surface area contributed by atoms with E-state index in [0.29, 0.717) is 5.69 Å². The highest BCUT2D eigenvalue weighted by atomic mass is 14.8. The van der Waals surface area contributed by atoms with Gasteiger partial charge in [-0.3, -0.25) is 10.4 Å². The van der Waals surface area contributed by atoms with Crippen LogP contribution in [0.2, 0.25) is 0 Å². The highest BCUT2D eigenvalue weighted by Crippen LogP contribution is 2.10. The quantitative estimate of drug-likeness (QED) is 0.397. The molecule has 3 nitrogen and oxygen atoms in total. The summed E-state index contributed by atoms with van der Waals surface area (Å²) in [4.78, 5) is 4.17. The average molecular weight is 247 g/mol. The minimum Gasteiger partial charge on any atom is -0.382 e. The molecule has 100 valence electrons. The third-order valence-electron chi connectivity index (χ3n) is 3.17. The summed E-state index contributed by atoms with van der Waals surface area (Å²) < 4.78 is 0. The summed E-state index contributed by atoms with van der Waals surface area (Å²) >= 11 is 0. The predicted octanol–water partition coefficient (Wildman–Crippen LogP) is 3.66. The Labute approximate surface area is 110 Å². The fraction of sp³-hybridized carbons (Fsp3) is 0.600. The lowest BCUT2D eigenvalue weighted by atomic mass is 10.1. The zero-order chi connectivity index (χ0) is 13.2. The lowest BCUT2D eigenvalue weighted by Crippen LogP contribution is -2.12. The van der Waals surface area contributed by atoms with Crippen LogP contribution in [0.15, 0.2) is 18.3 Å². The second kappa shape index (κ2) is 8.67. The van der Waals surface area contributed by atoms with Crippen LogP contribution >= 0.6 is 0 Å². The van der Waals surface area contributed by atoms with Crippen molar-refractivity contribution in [2.45, 2.75) is 58.3 Å². The predicted molar refractivity (Wildman–Crippen MR) is 77.0 cm³/mol. The zero-order valence-electron chi connectivity index (χ0n) is 11.4. The van der Waals surface area contributed by atoms with Gasteiger partial charge in [0, 0.05) is 6.20 Å². The molecule has 0 aliphatic heterocycles. The number of amidine groups is 1. The molecule has 1 heterocycles. The van der Waals surface area contributed by atoms with E-state index in [0.717, 1.165) is 6.42 Å². The Kier molecular flexibility index (Phi) is 7.07. The first-order valence-corrected chi connectivity index (χ1v) is 7.03. The van der Waals surface area contributed by atoms with E-state index in [4.69, 9.17) is 11.1 Å². The van der Waals surface area contributed by atoms with Crippen molar-refractivity contribution in [1.82, 2.24) is 4.98 Å². The number of nitrogen functional groups attached to an aromatic ring is 1. The van der Waals surface area contributed by atoms with Crippen molar-refractivity contribution in [1.29, 1.82) is 5.41 Å². The third-order valence-corrected chi connectivity index (χ3v) is 3.17. The first kappa shape index (κ1) is 14.7. The van der Waals surface area contributed by atoms with Gasteiger partial charge in [0.15, 0.2) is 0 Å². The first-order valence-electron chi connectivity index (χ1n) is 7.03. The van der Waals surface area contributed by atoms with Crippen LogP contribution in [0.1, 0.15) is 63.1 Å². The SMILES string of the molecule is CCCCCCCCCc1ccc(C(=N)N)nc1. The molecule has 0 bridgehead atoms. The van der Waals surface area contributed by atoms with Gasteiger partial charge in [-0.2, -0.15) is 0 Å². The molecule has 0 aromatic carbocycles. The van der Waals surface area contributed by atoms with E-state index < -0.39 is 0 Å². The van der Waals surface area contributed by atoms with Crippen LogP contribution in [-0.2, 0) is 6.42 Å². The summed E-state index contributed by atoms with van der Waals surface area (Å²) in [5, 5.41) is 7.27. The Balaban J connectivity index is 2.14. The molecular weight excluding hydrogens is 222 g/mol. The lowest BCUT2D eigenvalue weighted by Gasteiger charge is -2.03. The van der Waals surface area contributed by atoms with Gasteiger partial charge in [-0.15, -0.1) is 0 Å². The summed E-state index contributed by atoms with van der Waals surface area (Å²) in [5.74, 6) is 0.0393. The maximum absolute atomic E-state index is 7.27. The van der Waals surface area contributed by atoms with Gasteiger partial charge in [-0.25, -0.2) is 0 Å². The molecule has 0 spiro atoms. The molecule has 0 saturated heterocycles. The Morgan fingerprint density at radius 1 is 1.11 bits per heavy atom. The summed E-state index contributed by atoms with van der Waals surface area (Å²) in [5.41, 5.74) is 7.18. The van der Waals surface area contributed by atoms with Crippen LogP contribution in [0.3, 0.4) is 0 Å². The zero-order valence-corrected chi connectivity index (χ0v) is 11.4. The number of pyridine rings is 1. The molecule has 1 rings (SSSR count). The van der Waals surface area contributed by atoms with Crippen molar-refractivity contribution >= 4 is 5.84 Å². The number of nitrogens with one attached hydrogen (secondary N) is 1. The molecule has 3 heteroatoms. The summed E-state index contributed by atoms with van der Waals surface area (Å²) in [6.07, 6.45) is 12.2. The minimum atomic E-state index is 0.0393. The Bertz CT molecular complexity index is 343. The molecule has 1 aromatic rings. The smallest absolute Gasteiger partial charge is 0.141 e. The Morgan fingerprint density at radius 3 is 2.33 bits per heavy atom. The van der Waals surface area contributed by atoms with Crippen molar-refractivity contribution in [3.05, 3.63) is 29.6 Å². The molecule has 0 atom stereocenters. The second-order valence-corrected chi connectivity index (χ2v) is 4.84. The molecule has 0 unspecified atom stereocenters. The van der Waals surface area contributed by atoms with Crippen LogP contribution in [0, 0.1) is 5.41 Å². The molecule has 0 radical (unpaired) electrons. The maximum atomic E-state index is 7.27.